The van der Waals surface area contributed by atoms with Crippen LogP contribution in [0.4, 0.5) is 0 Å². The van der Waals surface area contributed by atoms with Gasteiger partial charge < -0.3 is 0 Å². The zero-order chi connectivity index (χ0) is 26.5. The molecule has 0 heteroatoms. The van der Waals surface area contributed by atoms with E-state index in [9.17, 15) is 0 Å². The summed E-state index contributed by atoms with van der Waals surface area (Å²) in [5.74, 6) is 3.03. The molecule has 4 aliphatic rings. The molecule has 0 unspecified atom stereocenters. The maximum Gasteiger partial charge on any atom is -0.00207 e. The first kappa shape index (κ1) is 25.6. The van der Waals surface area contributed by atoms with Crippen LogP contribution in [0.1, 0.15) is 174 Å². The highest BCUT2D eigenvalue weighted by atomic mass is 14.3. The molecule has 0 atom stereocenters. The molecule has 4 saturated carbocycles. The van der Waals surface area contributed by atoms with Gasteiger partial charge in [-0.15, -0.1) is 0 Å². The van der Waals surface area contributed by atoms with Crippen molar-refractivity contribution in [2.45, 2.75) is 152 Å². The molecule has 0 saturated heterocycles. The second-order valence-corrected chi connectivity index (χ2v) is 14.5. The summed E-state index contributed by atoms with van der Waals surface area (Å²) in [6.45, 7) is 0. The maximum absolute atomic E-state index is 2.79. The average Bonchev–Trinajstić information content (AvgIpc) is 3.04. The monoisotopic (exact) mass is 530 g/mol. The molecule has 8 rings (SSSR count). The fourth-order valence-corrected chi connectivity index (χ4v) is 10.1. The summed E-state index contributed by atoms with van der Waals surface area (Å²) in [5, 5.41) is 9.88. The van der Waals surface area contributed by atoms with Gasteiger partial charge in [0.05, 0.1) is 0 Å². The quantitative estimate of drug-likeness (QED) is 0.230. The van der Waals surface area contributed by atoms with Gasteiger partial charge in [-0.3, -0.25) is 0 Å². The van der Waals surface area contributed by atoms with Crippen LogP contribution >= 0.6 is 0 Å². The van der Waals surface area contributed by atoms with Crippen molar-refractivity contribution in [2.75, 3.05) is 0 Å². The van der Waals surface area contributed by atoms with E-state index in [1.165, 1.54) is 128 Å². The highest BCUT2D eigenvalue weighted by Crippen LogP contribution is 2.51. The Labute approximate surface area is 242 Å². The minimum Gasteiger partial charge on any atom is -0.0575 e. The Morgan fingerprint density at radius 2 is 0.625 bits per heavy atom. The maximum atomic E-state index is 2.79. The molecule has 210 valence electrons. The first-order chi connectivity index (χ1) is 19.9. The van der Waals surface area contributed by atoms with Crippen LogP contribution in [0.25, 0.3) is 32.3 Å². The van der Waals surface area contributed by atoms with Crippen LogP contribution in [0.2, 0.25) is 0 Å². The van der Waals surface area contributed by atoms with Gasteiger partial charge in [0.2, 0.25) is 0 Å². The van der Waals surface area contributed by atoms with Gasteiger partial charge in [-0.2, -0.15) is 0 Å². The van der Waals surface area contributed by atoms with E-state index < -0.39 is 0 Å². The molecular formula is C40H50. The average molecular weight is 531 g/mol. The lowest BCUT2D eigenvalue weighted by molar-refractivity contribution is 0.438. The van der Waals surface area contributed by atoms with Gasteiger partial charge in [0.15, 0.2) is 0 Å². The topological polar surface area (TPSA) is 0 Å². The van der Waals surface area contributed by atoms with E-state index >= 15 is 0 Å². The number of benzene rings is 4. The summed E-state index contributed by atoms with van der Waals surface area (Å²) in [5.41, 5.74) is 6.87. The lowest BCUT2D eigenvalue weighted by atomic mass is 9.73. The van der Waals surface area contributed by atoms with Crippen LogP contribution in [-0.2, 0) is 0 Å². The Balaban J connectivity index is 1.44. The first-order valence-electron chi connectivity index (χ1n) is 17.6. The minimum atomic E-state index is 0.748. The van der Waals surface area contributed by atoms with Crippen LogP contribution in [0.3, 0.4) is 0 Å². The Hall–Kier alpha value is -2.08. The van der Waals surface area contributed by atoms with Crippen molar-refractivity contribution in [2.24, 2.45) is 0 Å². The number of rotatable bonds is 4. The normalized spacial score (nSPS) is 23.1. The molecule has 0 amide bonds. The number of hydrogen-bond donors (Lipinski definition) is 0. The zero-order valence-corrected chi connectivity index (χ0v) is 24.9. The molecule has 0 spiro atoms. The smallest absolute Gasteiger partial charge is 0.00207 e. The fourth-order valence-electron chi connectivity index (χ4n) is 10.1. The third-order valence-corrected chi connectivity index (χ3v) is 12.2. The predicted molar refractivity (Wildman–Crippen MR) is 173 cm³/mol. The standard InChI is InChI=1S/C40H50/c1-5-13-27(14-6-1)31-21-22-33-36(29-17-9-3-10-18-29)26-38-37(30-19-11-4-12-20-30)25-35(28-15-7-2-8-16-28)34-24-23-32(31)39(33)40(34)38/h21-30H,1-20H2. The van der Waals surface area contributed by atoms with E-state index in [1.807, 2.05) is 0 Å². The van der Waals surface area contributed by atoms with Crippen LogP contribution in [-0.4, -0.2) is 0 Å². The van der Waals surface area contributed by atoms with E-state index in [0.29, 0.717) is 0 Å². The largest absolute Gasteiger partial charge is 0.0575 e. The van der Waals surface area contributed by atoms with Gasteiger partial charge in [-0.25, -0.2) is 0 Å². The van der Waals surface area contributed by atoms with E-state index in [0.717, 1.165) is 23.7 Å². The SMILES string of the molecule is c1cc2c(C3CCCCC3)cc3c(C4CCCCC4)cc(C4CCCCC4)c4ccc(c1C1CCCCC1)c2c43. The molecule has 0 N–H and O–H groups in total. The van der Waals surface area contributed by atoms with Crippen LogP contribution in [0.5, 0.6) is 0 Å². The van der Waals surface area contributed by atoms with Gasteiger partial charge in [0.1, 0.15) is 0 Å². The van der Waals surface area contributed by atoms with Crippen molar-refractivity contribution < 1.29 is 0 Å². The highest BCUT2D eigenvalue weighted by Gasteiger charge is 2.29. The van der Waals surface area contributed by atoms with Crippen LogP contribution in [0.15, 0.2) is 36.4 Å². The van der Waals surface area contributed by atoms with Crippen LogP contribution in [0, 0.1) is 0 Å². The summed E-state index contributed by atoms with van der Waals surface area (Å²) in [4.78, 5) is 0. The lowest BCUT2D eigenvalue weighted by Crippen LogP contribution is -2.12. The molecule has 0 radical (unpaired) electrons. The Kier molecular flexibility index (Phi) is 7.02. The van der Waals surface area contributed by atoms with E-state index in [1.54, 1.807) is 54.6 Å². The van der Waals surface area contributed by atoms with Crippen LogP contribution < -0.4 is 0 Å². The van der Waals surface area contributed by atoms with E-state index in [2.05, 4.69) is 36.4 Å². The molecule has 4 aliphatic carbocycles. The Morgan fingerprint density at radius 1 is 0.300 bits per heavy atom. The van der Waals surface area contributed by atoms with Crippen molar-refractivity contribution in [3.8, 4) is 0 Å². The summed E-state index contributed by atoms with van der Waals surface area (Å²) in [6, 6.07) is 16.0. The van der Waals surface area contributed by atoms with Gasteiger partial charge >= 0.3 is 0 Å². The molecule has 4 aromatic rings. The summed E-state index contributed by atoms with van der Waals surface area (Å²) in [7, 11) is 0. The molecule has 4 aromatic carbocycles. The molecule has 0 heterocycles. The van der Waals surface area contributed by atoms with Crippen molar-refractivity contribution >= 4 is 32.3 Å². The summed E-state index contributed by atoms with van der Waals surface area (Å²) < 4.78 is 0. The van der Waals surface area contributed by atoms with E-state index in [-0.39, 0.29) is 0 Å². The zero-order valence-electron chi connectivity index (χ0n) is 24.9. The van der Waals surface area contributed by atoms with Crippen molar-refractivity contribution in [1.82, 2.24) is 0 Å². The molecule has 0 aromatic heterocycles. The van der Waals surface area contributed by atoms with Gasteiger partial charge in [-0.05, 0) is 136 Å². The highest BCUT2D eigenvalue weighted by molar-refractivity contribution is 6.26. The predicted octanol–water partition coefficient (Wildman–Crippen LogP) is 12.8. The van der Waals surface area contributed by atoms with Crippen molar-refractivity contribution in [3.05, 3.63) is 58.7 Å². The Morgan fingerprint density at radius 3 is 1.10 bits per heavy atom. The van der Waals surface area contributed by atoms with Gasteiger partial charge in [0.25, 0.3) is 0 Å². The second kappa shape index (κ2) is 11.0. The Bertz CT molecular complexity index is 1440. The molecule has 0 aliphatic heterocycles. The van der Waals surface area contributed by atoms with Crippen molar-refractivity contribution in [1.29, 1.82) is 0 Å². The van der Waals surface area contributed by atoms with Crippen molar-refractivity contribution in [3.63, 3.8) is 0 Å². The van der Waals surface area contributed by atoms with Gasteiger partial charge in [-0.1, -0.05) is 107 Å². The first-order valence-corrected chi connectivity index (χ1v) is 17.6. The van der Waals surface area contributed by atoms with Gasteiger partial charge in [0, 0.05) is 0 Å². The molecule has 40 heavy (non-hydrogen) atoms. The lowest BCUT2D eigenvalue weighted by Gasteiger charge is -2.32. The van der Waals surface area contributed by atoms with E-state index in [4.69, 9.17) is 0 Å². The molecule has 0 nitrogen and oxygen atoms in total. The molecule has 4 fully saturated rings. The third kappa shape index (κ3) is 4.39. The summed E-state index contributed by atoms with van der Waals surface area (Å²) >= 11 is 0. The number of hydrogen-bond acceptors (Lipinski definition) is 0. The second-order valence-electron chi connectivity index (χ2n) is 14.5. The molecular weight excluding hydrogens is 480 g/mol. The minimum absolute atomic E-state index is 0.748. The molecule has 0 bridgehead atoms. The fraction of sp³-hybridized carbons (Fsp3) is 0.600. The summed E-state index contributed by atoms with van der Waals surface area (Å²) in [6.07, 6.45) is 28.3. The third-order valence-electron chi connectivity index (χ3n) is 12.2.